The quantitative estimate of drug-likeness (QED) is 0.876. The number of nitrogens with one attached hydrogen (secondary N) is 2. The summed E-state index contributed by atoms with van der Waals surface area (Å²) in [5.41, 5.74) is 1.19. The first-order valence-corrected chi connectivity index (χ1v) is 6.37. The molecule has 0 atom stereocenters. The van der Waals surface area contributed by atoms with Crippen LogP contribution in [0, 0.1) is 0 Å². The lowest BCUT2D eigenvalue weighted by Gasteiger charge is -2.10. The van der Waals surface area contributed by atoms with Crippen LogP contribution in [0.15, 0.2) is 47.4 Å². The molecule has 2 rings (SSSR count). The third kappa shape index (κ3) is 3.33. The molecule has 0 aliphatic carbocycles. The predicted octanol–water partition coefficient (Wildman–Crippen LogP) is 2.16. The van der Waals surface area contributed by atoms with E-state index in [-0.39, 0.29) is 5.56 Å². The summed E-state index contributed by atoms with van der Waals surface area (Å²) in [5, 5.41) is 2.74. The average Bonchev–Trinajstić information content (AvgIpc) is 2.46. The molecule has 0 fully saturated rings. The van der Waals surface area contributed by atoms with Gasteiger partial charge in [-0.15, -0.1) is 0 Å². The molecule has 104 valence electrons. The van der Waals surface area contributed by atoms with Crippen LogP contribution in [0.25, 0.3) is 0 Å². The van der Waals surface area contributed by atoms with Crippen molar-refractivity contribution in [2.75, 3.05) is 11.9 Å². The standard InChI is InChI=1S/C15H16N2O3/c1-2-20-10-11-6-3-4-8-13(11)17-15(19)12-7-5-9-16-14(12)18/h3-9H,2,10H2,1H3,(H,16,18)(H,17,19). The van der Waals surface area contributed by atoms with E-state index in [0.717, 1.165) is 5.56 Å². The van der Waals surface area contributed by atoms with E-state index in [0.29, 0.717) is 18.9 Å². The highest BCUT2D eigenvalue weighted by atomic mass is 16.5. The fraction of sp³-hybridized carbons (Fsp3) is 0.200. The molecular weight excluding hydrogens is 256 g/mol. The molecule has 0 bridgehead atoms. The van der Waals surface area contributed by atoms with Crippen molar-refractivity contribution in [3.63, 3.8) is 0 Å². The third-order valence-corrected chi connectivity index (χ3v) is 2.79. The van der Waals surface area contributed by atoms with E-state index in [4.69, 9.17) is 4.74 Å². The highest BCUT2D eigenvalue weighted by molar-refractivity contribution is 6.04. The Hall–Kier alpha value is -2.40. The van der Waals surface area contributed by atoms with Crippen molar-refractivity contribution >= 4 is 11.6 Å². The maximum absolute atomic E-state index is 12.1. The Morgan fingerprint density at radius 3 is 2.80 bits per heavy atom. The number of pyridine rings is 1. The molecule has 20 heavy (non-hydrogen) atoms. The van der Waals surface area contributed by atoms with Crippen LogP contribution in [0.5, 0.6) is 0 Å². The van der Waals surface area contributed by atoms with Crippen molar-refractivity contribution in [3.05, 3.63) is 64.1 Å². The molecule has 0 unspecified atom stereocenters. The van der Waals surface area contributed by atoms with Gasteiger partial charge < -0.3 is 15.0 Å². The largest absolute Gasteiger partial charge is 0.377 e. The summed E-state index contributed by atoms with van der Waals surface area (Å²) < 4.78 is 5.35. The molecule has 0 saturated heterocycles. The van der Waals surface area contributed by atoms with E-state index in [1.165, 1.54) is 12.3 Å². The van der Waals surface area contributed by atoms with Gasteiger partial charge in [-0.1, -0.05) is 18.2 Å². The van der Waals surface area contributed by atoms with E-state index >= 15 is 0 Å². The molecule has 1 aromatic heterocycles. The molecule has 1 heterocycles. The van der Waals surface area contributed by atoms with Crippen LogP contribution in [0.1, 0.15) is 22.8 Å². The molecule has 0 saturated carbocycles. The predicted molar refractivity (Wildman–Crippen MR) is 76.8 cm³/mol. The van der Waals surface area contributed by atoms with Gasteiger partial charge in [0.05, 0.1) is 6.61 Å². The number of benzene rings is 1. The topological polar surface area (TPSA) is 71.2 Å². The minimum atomic E-state index is -0.434. The van der Waals surface area contributed by atoms with Crippen LogP contribution >= 0.6 is 0 Å². The lowest BCUT2D eigenvalue weighted by atomic mass is 10.1. The number of amides is 1. The summed E-state index contributed by atoms with van der Waals surface area (Å²) >= 11 is 0. The fourth-order valence-electron chi connectivity index (χ4n) is 1.77. The summed E-state index contributed by atoms with van der Waals surface area (Å²) in [7, 11) is 0. The van der Waals surface area contributed by atoms with E-state index in [2.05, 4.69) is 10.3 Å². The monoisotopic (exact) mass is 272 g/mol. The molecule has 2 N–H and O–H groups in total. The number of ether oxygens (including phenoxy) is 1. The zero-order valence-corrected chi connectivity index (χ0v) is 11.2. The van der Waals surface area contributed by atoms with Gasteiger partial charge in [0.25, 0.3) is 11.5 Å². The van der Waals surface area contributed by atoms with Gasteiger partial charge in [-0.3, -0.25) is 9.59 Å². The molecule has 0 spiro atoms. The van der Waals surface area contributed by atoms with Crippen LogP contribution in [0.2, 0.25) is 0 Å². The number of aromatic amines is 1. The normalized spacial score (nSPS) is 10.2. The molecule has 0 aliphatic rings. The summed E-state index contributed by atoms with van der Waals surface area (Å²) in [6, 6.07) is 10.4. The number of anilines is 1. The molecule has 0 radical (unpaired) electrons. The second kappa shape index (κ2) is 6.68. The zero-order chi connectivity index (χ0) is 14.4. The Balaban J connectivity index is 2.20. The van der Waals surface area contributed by atoms with Crippen LogP contribution in [0.4, 0.5) is 5.69 Å². The van der Waals surface area contributed by atoms with Gasteiger partial charge in [0.15, 0.2) is 0 Å². The highest BCUT2D eigenvalue weighted by Crippen LogP contribution is 2.16. The fourth-order valence-corrected chi connectivity index (χ4v) is 1.77. The van der Waals surface area contributed by atoms with E-state index in [9.17, 15) is 9.59 Å². The second-order valence-electron chi connectivity index (χ2n) is 4.16. The summed E-state index contributed by atoms with van der Waals surface area (Å²) in [6.45, 7) is 2.92. The maximum Gasteiger partial charge on any atom is 0.261 e. The van der Waals surface area contributed by atoms with Gasteiger partial charge in [0.1, 0.15) is 5.56 Å². The van der Waals surface area contributed by atoms with Crippen LogP contribution in [-0.2, 0) is 11.3 Å². The van der Waals surface area contributed by atoms with Crippen LogP contribution in [-0.4, -0.2) is 17.5 Å². The van der Waals surface area contributed by atoms with Gasteiger partial charge in [-0.25, -0.2) is 0 Å². The first kappa shape index (κ1) is 14.0. The first-order valence-electron chi connectivity index (χ1n) is 6.37. The highest BCUT2D eigenvalue weighted by Gasteiger charge is 2.11. The SMILES string of the molecule is CCOCc1ccccc1NC(=O)c1ccc[nH]c1=O. The molecule has 2 aromatic rings. The molecule has 5 nitrogen and oxygen atoms in total. The second-order valence-corrected chi connectivity index (χ2v) is 4.16. The lowest BCUT2D eigenvalue weighted by molar-refractivity contribution is 0.102. The van der Waals surface area contributed by atoms with Gasteiger partial charge >= 0.3 is 0 Å². The number of carbonyl (C=O) groups is 1. The van der Waals surface area contributed by atoms with Gasteiger partial charge in [0.2, 0.25) is 0 Å². The summed E-state index contributed by atoms with van der Waals surface area (Å²) in [4.78, 5) is 26.1. The summed E-state index contributed by atoms with van der Waals surface area (Å²) in [5.74, 6) is -0.434. The van der Waals surface area contributed by atoms with Gasteiger partial charge in [0, 0.05) is 24.1 Å². The van der Waals surface area contributed by atoms with Crippen molar-refractivity contribution in [1.82, 2.24) is 4.98 Å². The van der Waals surface area contributed by atoms with Crippen molar-refractivity contribution in [3.8, 4) is 0 Å². The Kier molecular flexibility index (Phi) is 4.68. The molecule has 1 aromatic carbocycles. The van der Waals surface area contributed by atoms with E-state index in [1.54, 1.807) is 12.1 Å². The molecule has 1 amide bonds. The Labute approximate surface area is 116 Å². The smallest absolute Gasteiger partial charge is 0.261 e. The molecular formula is C15H16N2O3. The number of carbonyl (C=O) groups excluding carboxylic acids is 1. The number of H-pyrrole nitrogens is 1. The van der Waals surface area contributed by atoms with Gasteiger partial charge in [-0.05, 0) is 25.1 Å². The Morgan fingerprint density at radius 2 is 2.05 bits per heavy atom. The van der Waals surface area contributed by atoms with E-state index < -0.39 is 11.5 Å². The number of rotatable bonds is 5. The summed E-state index contributed by atoms with van der Waals surface area (Å²) in [6.07, 6.45) is 1.49. The number of hydrogen-bond donors (Lipinski definition) is 2. The van der Waals surface area contributed by atoms with Gasteiger partial charge in [-0.2, -0.15) is 0 Å². The number of para-hydroxylation sites is 1. The molecule has 5 heteroatoms. The van der Waals surface area contributed by atoms with Crippen molar-refractivity contribution < 1.29 is 9.53 Å². The zero-order valence-electron chi connectivity index (χ0n) is 11.2. The van der Waals surface area contributed by atoms with E-state index in [1.807, 2.05) is 25.1 Å². The Morgan fingerprint density at radius 1 is 1.25 bits per heavy atom. The minimum Gasteiger partial charge on any atom is -0.377 e. The molecule has 0 aliphatic heterocycles. The van der Waals surface area contributed by atoms with Crippen LogP contribution < -0.4 is 10.9 Å². The number of aromatic nitrogens is 1. The van der Waals surface area contributed by atoms with Crippen LogP contribution in [0.3, 0.4) is 0 Å². The maximum atomic E-state index is 12.1. The number of hydrogen-bond acceptors (Lipinski definition) is 3. The Bertz CT molecular complexity index is 649. The third-order valence-electron chi connectivity index (χ3n) is 2.79. The average molecular weight is 272 g/mol. The lowest BCUT2D eigenvalue weighted by Crippen LogP contribution is -2.23. The first-order chi connectivity index (χ1) is 9.72. The van der Waals surface area contributed by atoms with Crippen molar-refractivity contribution in [1.29, 1.82) is 0 Å². The van der Waals surface area contributed by atoms with Crippen molar-refractivity contribution in [2.24, 2.45) is 0 Å². The minimum absolute atomic E-state index is 0.0821. The van der Waals surface area contributed by atoms with Crippen molar-refractivity contribution in [2.45, 2.75) is 13.5 Å².